The predicted molar refractivity (Wildman–Crippen MR) is 51.6 cm³/mol. The van der Waals surface area contributed by atoms with Gasteiger partial charge in [-0.05, 0) is 30.0 Å². The minimum atomic E-state index is -4.70. The number of carboxylic acids is 1. The van der Waals surface area contributed by atoms with Crippen LogP contribution in [-0.4, -0.2) is 17.4 Å². The molecule has 0 radical (unpaired) electrons. The number of halogens is 3. The van der Waals surface area contributed by atoms with E-state index in [0.717, 1.165) is 5.56 Å². The summed E-state index contributed by atoms with van der Waals surface area (Å²) in [6.45, 7) is 0. The molecule has 1 N–H and O–H groups in total. The van der Waals surface area contributed by atoms with Gasteiger partial charge in [-0.15, -0.1) is 13.2 Å². The van der Waals surface area contributed by atoms with Crippen LogP contribution >= 0.6 is 0 Å². The highest BCUT2D eigenvalue weighted by atomic mass is 19.4. The second-order valence-electron chi connectivity index (χ2n) is 3.90. The molecule has 0 saturated heterocycles. The predicted octanol–water partition coefficient (Wildman–Crippen LogP) is 2.77. The van der Waals surface area contributed by atoms with Crippen LogP contribution in [0, 0.1) is 5.92 Å². The normalized spacial score (nSPS) is 23.2. The van der Waals surface area contributed by atoms with E-state index in [1.165, 1.54) is 24.3 Å². The van der Waals surface area contributed by atoms with Crippen LogP contribution in [0.2, 0.25) is 0 Å². The topological polar surface area (TPSA) is 46.5 Å². The highest BCUT2D eigenvalue weighted by Crippen LogP contribution is 2.47. The molecule has 0 bridgehead atoms. The van der Waals surface area contributed by atoms with E-state index in [1.54, 1.807) is 0 Å². The van der Waals surface area contributed by atoms with Gasteiger partial charge in [0.25, 0.3) is 0 Å². The second kappa shape index (κ2) is 3.94. The summed E-state index contributed by atoms with van der Waals surface area (Å²) in [6.07, 6.45) is -4.17. The van der Waals surface area contributed by atoms with Crippen molar-refractivity contribution >= 4 is 5.97 Å². The van der Waals surface area contributed by atoms with Gasteiger partial charge >= 0.3 is 12.3 Å². The molecule has 1 aromatic carbocycles. The summed E-state index contributed by atoms with van der Waals surface area (Å²) in [6, 6.07) is 5.32. The Bertz CT molecular complexity index is 425. The van der Waals surface area contributed by atoms with Gasteiger partial charge in [-0.3, -0.25) is 4.79 Å². The Hall–Kier alpha value is -1.72. The van der Waals surface area contributed by atoms with Crippen molar-refractivity contribution in [1.82, 2.24) is 0 Å². The molecule has 17 heavy (non-hydrogen) atoms. The number of alkyl halides is 3. The Balaban J connectivity index is 2.02. The van der Waals surface area contributed by atoms with Crippen LogP contribution in [0.25, 0.3) is 0 Å². The fourth-order valence-corrected chi connectivity index (χ4v) is 1.75. The van der Waals surface area contributed by atoms with Gasteiger partial charge in [-0.25, -0.2) is 0 Å². The Morgan fingerprint density at radius 2 is 1.88 bits per heavy atom. The van der Waals surface area contributed by atoms with E-state index < -0.39 is 18.2 Å². The van der Waals surface area contributed by atoms with Crippen LogP contribution in [0.15, 0.2) is 24.3 Å². The highest BCUT2D eigenvalue weighted by Gasteiger charge is 2.44. The van der Waals surface area contributed by atoms with Crippen molar-refractivity contribution in [3.05, 3.63) is 29.8 Å². The van der Waals surface area contributed by atoms with Gasteiger partial charge in [0.15, 0.2) is 0 Å². The summed E-state index contributed by atoms with van der Waals surface area (Å²) in [5.41, 5.74) is 0.729. The number of benzene rings is 1. The molecule has 1 aromatic rings. The molecule has 0 aliphatic heterocycles. The molecule has 2 atom stereocenters. The van der Waals surface area contributed by atoms with Crippen molar-refractivity contribution in [3.8, 4) is 5.75 Å². The molecule has 1 saturated carbocycles. The molecule has 1 fully saturated rings. The first kappa shape index (κ1) is 11.8. The molecule has 0 spiro atoms. The van der Waals surface area contributed by atoms with Crippen LogP contribution in [0.4, 0.5) is 13.2 Å². The lowest BCUT2D eigenvalue weighted by atomic mass is 10.1. The summed E-state index contributed by atoms with van der Waals surface area (Å²) >= 11 is 0. The molecule has 1 aliphatic carbocycles. The summed E-state index contributed by atoms with van der Waals surface area (Å²) in [4.78, 5) is 10.6. The molecule has 0 amide bonds. The maximum absolute atomic E-state index is 11.9. The largest absolute Gasteiger partial charge is 0.573 e. The standard InChI is InChI=1S/C11H9F3O3/c12-11(13,14)17-7-3-1-6(2-4-7)8-5-9(8)10(15)16/h1-4,8-9H,5H2,(H,15,16)/t8-,9-/m1/s1. The first-order valence-corrected chi connectivity index (χ1v) is 4.95. The van der Waals surface area contributed by atoms with E-state index in [0.29, 0.717) is 6.42 Å². The summed E-state index contributed by atoms with van der Waals surface area (Å²) in [5, 5.41) is 8.72. The molecule has 92 valence electrons. The van der Waals surface area contributed by atoms with E-state index in [-0.39, 0.29) is 11.7 Å². The highest BCUT2D eigenvalue weighted by molar-refractivity contribution is 5.75. The lowest BCUT2D eigenvalue weighted by Crippen LogP contribution is -2.17. The quantitative estimate of drug-likeness (QED) is 0.891. The van der Waals surface area contributed by atoms with Crippen molar-refractivity contribution in [1.29, 1.82) is 0 Å². The van der Waals surface area contributed by atoms with E-state index >= 15 is 0 Å². The Kier molecular flexibility index (Phi) is 2.73. The lowest BCUT2D eigenvalue weighted by molar-refractivity contribution is -0.274. The zero-order chi connectivity index (χ0) is 12.6. The molecular formula is C11H9F3O3. The van der Waals surface area contributed by atoms with Crippen LogP contribution in [0.1, 0.15) is 17.9 Å². The molecule has 0 heterocycles. The third-order valence-corrected chi connectivity index (χ3v) is 2.65. The van der Waals surface area contributed by atoms with Crippen molar-refractivity contribution in [2.75, 3.05) is 0 Å². The SMILES string of the molecule is O=C(O)[C@@H]1C[C@@H]1c1ccc(OC(F)(F)F)cc1. The van der Waals surface area contributed by atoms with E-state index in [1.807, 2.05) is 0 Å². The molecule has 0 unspecified atom stereocenters. The third kappa shape index (κ3) is 2.89. The maximum atomic E-state index is 11.9. The van der Waals surface area contributed by atoms with Gasteiger partial charge in [-0.1, -0.05) is 12.1 Å². The zero-order valence-corrected chi connectivity index (χ0v) is 8.57. The summed E-state index contributed by atoms with van der Waals surface area (Å²) < 4.78 is 39.4. The Morgan fingerprint density at radius 3 is 2.29 bits per heavy atom. The molecule has 3 nitrogen and oxygen atoms in total. The minimum Gasteiger partial charge on any atom is -0.481 e. The fraction of sp³-hybridized carbons (Fsp3) is 0.364. The van der Waals surface area contributed by atoms with Gasteiger partial charge in [-0.2, -0.15) is 0 Å². The first-order chi connectivity index (χ1) is 7.87. The monoisotopic (exact) mass is 246 g/mol. The number of ether oxygens (including phenoxy) is 1. The van der Waals surface area contributed by atoms with Crippen LogP contribution in [0.5, 0.6) is 5.75 Å². The zero-order valence-electron chi connectivity index (χ0n) is 8.57. The first-order valence-electron chi connectivity index (χ1n) is 4.95. The fourth-order valence-electron chi connectivity index (χ4n) is 1.75. The molecule has 0 aromatic heterocycles. The number of hydrogen-bond donors (Lipinski definition) is 1. The molecule has 1 aliphatic rings. The molecule has 2 rings (SSSR count). The Morgan fingerprint density at radius 1 is 1.29 bits per heavy atom. The van der Waals surface area contributed by atoms with Gasteiger partial charge < -0.3 is 9.84 Å². The van der Waals surface area contributed by atoms with Crippen LogP contribution < -0.4 is 4.74 Å². The maximum Gasteiger partial charge on any atom is 0.573 e. The van der Waals surface area contributed by atoms with Gasteiger partial charge in [0, 0.05) is 0 Å². The van der Waals surface area contributed by atoms with Crippen molar-refractivity contribution in [2.45, 2.75) is 18.7 Å². The Labute approximate surface area is 94.8 Å². The van der Waals surface area contributed by atoms with Crippen molar-refractivity contribution in [3.63, 3.8) is 0 Å². The van der Waals surface area contributed by atoms with Gasteiger partial charge in [0.1, 0.15) is 5.75 Å². The van der Waals surface area contributed by atoms with E-state index in [9.17, 15) is 18.0 Å². The second-order valence-corrected chi connectivity index (χ2v) is 3.90. The van der Waals surface area contributed by atoms with Crippen molar-refractivity contribution in [2.24, 2.45) is 5.92 Å². The lowest BCUT2D eigenvalue weighted by Gasteiger charge is -2.09. The van der Waals surface area contributed by atoms with Crippen molar-refractivity contribution < 1.29 is 27.8 Å². The number of hydrogen-bond acceptors (Lipinski definition) is 2. The van der Waals surface area contributed by atoms with Crippen LogP contribution in [-0.2, 0) is 4.79 Å². The molecule has 6 heteroatoms. The van der Waals surface area contributed by atoms with E-state index in [4.69, 9.17) is 5.11 Å². The number of rotatable bonds is 3. The average molecular weight is 246 g/mol. The minimum absolute atomic E-state index is 0.0903. The number of carboxylic acid groups (broad SMARTS) is 1. The number of aliphatic carboxylic acids is 1. The van der Waals surface area contributed by atoms with Gasteiger partial charge in [0.05, 0.1) is 5.92 Å². The third-order valence-electron chi connectivity index (χ3n) is 2.65. The van der Waals surface area contributed by atoms with Crippen LogP contribution in [0.3, 0.4) is 0 Å². The smallest absolute Gasteiger partial charge is 0.481 e. The summed E-state index contributed by atoms with van der Waals surface area (Å²) in [7, 11) is 0. The van der Waals surface area contributed by atoms with E-state index in [2.05, 4.69) is 4.74 Å². The number of carbonyl (C=O) groups is 1. The summed E-state index contributed by atoms with van der Waals surface area (Å²) in [5.74, 6) is -1.67. The molecular weight excluding hydrogens is 237 g/mol. The van der Waals surface area contributed by atoms with Gasteiger partial charge in [0.2, 0.25) is 0 Å². The average Bonchev–Trinajstić information content (AvgIpc) is 2.96.